The van der Waals surface area contributed by atoms with E-state index in [0.29, 0.717) is 11.7 Å². The van der Waals surface area contributed by atoms with Crippen LogP contribution in [0.3, 0.4) is 0 Å². The molecule has 0 radical (unpaired) electrons. The van der Waals surface area contributed by atoms with Gasteiger partial charge in [0, 0.05) is 18.7 Å². The van der Waals surface area contributed by atoms with Gasteiger partial charge in [0.05, 0.1) is 0 Å². The Morgan fingerprint density at radius 1 is 1.33 bits per heavy atom. The first-order chi connectivity index (χ1) is 10.2. The largest absolute Gasteiger partial charge is 0.370 e. The lowest BCUT2D eigenvalue weighted by molar-refractivity contribution is 0.659. The monoisotopic (exact) mass is 308 g/mol. The highest BCUT2D eigenvalue weighted by Crippen LogP contribution is 2.30. The summed E-state index contributed by atoms with van der Waals surface area (Å²) in [6.45, 7) is 7.45. The number of H-pyrrole nitrogens is 1. The standard InChI is InChI=1S/C13H20N6OS/c1-4-7-9-10(14-5-2)15-8-16-11(9)21-13-18-17-12(20)19(13)6-3/h8H,4-7H2,1-3H3,(H,17,20)(H,14,15,16). The minimum absolute atomic E-state index is 0.196. The fraction of sp³-hybridized carbons (Fsp3) is 0.538. The third-order valence-corrected chi connectivity index (χ3v) is 4.02. The van der Waals surface area contributed by atoms with Gasteiger partial charge < -0.3 is 5.32 Å². The summed E-state index contributed by atoms with van der Waals surface area (Å²) in [6.07, 6.45) is 3.42. The number of nitrogens with zero attached hydrogens (tertiary/aromatic N) is 4. The molecule has 0 saturated heterocycles. The molecule has 0 unspecified atom stereocenters. The van der Waals surface area contributed by atoms with E-state index in [4.69, 9.17) is 0 Å². The van der Waals surface area contributed by atoms with Crippen molar-refractivity contribution in [3.8, 4) is 0 Å². The van der Waals surface area contributed by atoms with Gasteiger partial charge in [-0.1, -0.05) is 13.3 Å². The lowest BCUT2D eigenvalue weighted by atomic mass is 10.2. The highest BCUT2D eigenvalue weighted by Gasteiger charge is 2.15. The number of nitrogens with one attached hydrogen (secondary N) is 2. The van der Waals surface area contributed by atoms with Gasteiger partial charge in [-0.05, 0) is 32.0 Å². The van der Waals surface area contributed by atoms with Crippen LogP contribution in [0.1, 0.15) is 32.8 Å². The molecule has 21 heavy (non-hydrogen) atoms. The van der Waals surface area contributed by atoms with Crippen molar-refractivity contribution in [1.82, 2.24) is 24.7 Å². The van der Waals surface area contributed by atoms with Crippen LogP contribution in [0.15, 0.2) is 21.3 Å². The molecule has 7 nitrogen and oxygen atoms in total. The normalized spacial score (nSPS) is 10.8. The van der Waals surface area contributed by atoms with Gasteiger partial charge in [0.25, 0.3) is 0 Å². The van der Waals surface area contributed by atoms with Crippen molar-refractivity contribution in [2.45, 2.75) is 50.3 Å². The van der Waals surface area contributed by atoms with Crippen molar-refractivity contribution in [3.63, 3.8) is 0 Å². The maximum atomic E-state index is 11.6. The molecule has 0 aliphatic rings. The van der Waals surface area contributed by atoms with Crippen LogP contribution in [0.25, 0.3) is 0 Å². The number of hydrogen-bond acceptors (Lipinski definition) is 6. The van der Waals surface area contributed by atoms with Gasteiger partial charge in [0.2, 0.25) is 0 Å². The van der Waals surface area contributed by atoms with E-state index in [-0.39, 0.29) is 5.69 Å². The minimum atomic E-state index is -0.196. The molecular formula is C13H20N6OS. The topological polar surface area (TPSA) is 88.5 Å². The Balaban J connectivity index is 2.38. The fourth-order valence-electron chi connectivity index (χ4n) is 2.03. The molecule has 0 atom stereocenters. The van der Waals surface area contributed by atoms with Crippen molar-refractivity contribution in [3.05, 3.63) is 22.4 Å². The molecule has 2 N–H and O–H groups in total. The van der Waals surface area contributed by atoms with Crippen LogP contribution in [0, 0.1) is 0 Å². The molecule has 0 saturated carbocycles. The Morgan fingerprint density at radius 2 is 2.14 bits per heavy atom. The van der Waals surface area contributed by atoms with Crippen molar-refractivity contribution in [2.75, 3.05) is 11.9 Å². The van der Waals surface area contributed by atoms with E-state index in [1.54, 1.807) is 10.9 Å². The molecule has 0 amide bonds. The van der Waals surface area contributed by atoms with E-state index in [0.717, 1.165) is 35.8 Å². The third kappa shape index (κ3) is 3.44. The van der Waals surface area contributed by atoms with Crippen LogP contribution in [-0.2, 0) is 13.0 Å². The summed E-state index contributed by atoms with van der Waals surface area (Å²) in [5.41, 5.74) is 0.878. The second-order valence-electron chi connectivity index (χ2n) is 4.44. The van der Waals surface area contributed by atoms with E-state index >= 15 is 0 Å². The van der Waals surface area contributed by atoms with E-state index < -0.39 is 0 Å². The second kappa shape index (κ2) is 7.26. The zero-order valence-electron chi connectivity index (χ0n) is 12.5. The SMILES string of the molecule is CCCc1c(NCC)ncnc1Sc1n[nH]c(=O)n1CC. The maximum Gasteiger partial charge on any atom is 0.343 e. The van der Waals surface area contributed by atoms with Gasteiger partial charge in [-0.2, -0.15) is 0 Å². The van der Waals surface area contributed by atoms with E-state index in [9.17, 15) is 4.79 Å². The molecule has 114 valence electrons. The first kappa shape index (κ1) is 15.6. The van der Waals surface area contributed by atoms with Crippen LogP contribution in [0.4, 0.5) is 5.82 Å². The fourth-order valence-corrected chi connectivity index (χ4v) is 3.03. The summed E-state index contributed by atoms with van der Waals surface area (Å²) < 4.78 is 1.59. The zero-order valence-corrected chi connectivity index (χ0v) is 13.3. The molecule has 0 spiro atoms. The Bertz CT molecular complexity index is 650. The Labute approximate surface area is 127 Å². The number of hydrogen-bond donors (Lipinski definition) is 2. The van der Waals surface area contributed by atoms with Crippen LogP contribution in [0.2, 0.25) is 0 Å². The Kier molecular flexibility index (Phi) is 5.38. The van der Waals surface area contributed by atoms with Gasteiger partial charge in [-0.25, -0.2) is 19.9 Å². The smallest absolute Gasteiger partial charge is 0.343 e. The molecule has 0 aromatic carbocycles. The van der Waals surface area contributed by atoms with Crippen molar-refractivity contribution in [1.29, 1.82) is 0 Å². The number of aromatic amines is 1. The van der Waals surface area contributed by atoms with Crippen LogP contribution < -0.4 is 11.0 Å². The van der Waals surface area contributed by atoms with Crippen LogP contribution in [-0.4, -0.2) is 31.3 Å². The van der Waals surface area contributed by atoms with E-state index in [1.807, 2.05) is 13.8 Å². The summed E-state index contributed by atoms with van der Waals surface area (Å²) in [4.78, 5) is 20.3. The van der Waals surface area contributed by atoms with Crippen molar-refractivity contribution >= 4 is 17.6 Å². The van der Waals surface area contributed by atoms with Gasteiger partial charge in [-0.3, -0.25) is 4.57 Å². The molecule has 0 fully saturated rings. The summed E-state index contributed by atoms with van der Waals surface area (Å²) in [7, 11) is 0. The molecule has 2 aromatic heterocycles. The first-order valence-electron chi connectivity index (χ1n) is 7.12. The molecular weight excluding hydrogens is 288 g/mol. The predicted molar refractivity (Wildman–Crippen MR) is 82.8 cm³/mol. The van der Waals surface area contributed by atoms with E-state index in [2.05, 4.69) is 32.4 Å². The van der Waals surface area contributed by atoms with Gasteiger partial charge >= 0.3 is 5.69 Å². The number of aromatic nitrogens is 5. The summed E-state index contributed by atoms with van der Waals surface area (Å²) in [6, 6.07) is 0. The lowest BCUT2D eigenvalue weighted by Gasteiger charge is -2.12. The van der Waals surface area contributed by atoms with Crippen molar-refractivity contribution < 1.29 is 0 Å². The van der Waals surface area contributed by atoms with Crippen LogP contribution >= 0.6 is 11.8 Å². The van der Waals surface area contributed by atoms with Gasteiger partial charge in [0.15, 0.2) is 5.16 Å². The molecule has 2 rings (SSSR count). The predicted octanol–water partition coefficient (Wildman–Crippen LogP) is 1.92. The second-order valence-corrected chi connectivity index (χ2v) is 5.40. The van der Waals surface area contributed by atoms with E-state index in [1.165, 1.54) is 11.8 Å². The summed E-state index contributed by atoms with van der Waals surface area (Å²) in [5, 5.41) is 11.3. The third-order valence-electron chi connectivity index (χ3n) is 2.98. The first-order valence-corrected chi connectivity index (χ1v) is 7.93. The minimum Gasteiger partial charge on any atom is -0.370 e. The summed E-state index contributed by atoms with van der Waals surface area (Å²) >= 11 is 1.40. The van der Waals surface area contributed by atoms with Gasteiger partial charge in [0.1, 0.15) is 17.2 Å². The highest BCUT2D eigenvalue weighted by atomic mass is 32.2. The molecule has 8 heteroatoms. The number of anilines is 1. The molecule has 0 bridgehead atoms. The molecule has 2 aromatic rings. The molecule has 0 aliphatic carbocycles. The Hall–Kier alpha value is -1.83. The molecule has 2 heterocycles. The summed E-state index contributed by atoms with van der Waals surface area (Å²) in [5.74, 6) is 0.859. The lowest BCUT2D eigenvalue weighted by Crippen LogP contribution is -2.16. The van der Waals surface area contributed by atoms with Crippen molar-refractivity contribution in [2.24, 2.45) is 0 Å². The van der Waals surface area contributed by atoms with Crippen LogP contribution in [0.5, 0.6) is 0 Å². The zero-order chi connectivity index (χ0) is 15.2. The maximum absolute atomic E-state index is 11.6. The quantitative estimate of drug-likeness (QED) is 0.760. The average molecular weight is 308 g/mol. The Morgan fingerprint density at radius 3 is 2.81 bits per heavy atom. The van der Waals surface area contributed by atoms with Gasteiger partial charge in [-0.15, -0.1) is 5.10 Å². The number of rotatable bonds is 7. The highest BCUT2D eigenvalue weighted by molar-refractivity contribution is 7.99. The molecule has 0 aliphatic heterocycles. The average Bonchev–Trinajstić information content (AvgIpc) is 2.83.